The molecule has 0 aliphatic carbocycles. The molecule has 2 rings (SSSR count). The number of carbonyl (C=O) groups excluding carboxylic acids is 1. The fourth-order valence-electron chi connectivity index (χ4n) is 2.83. The van der Waals surface area contributed by atoms with Gasteiger partial charge in [-0.2, -0.15) is 0 Å². The Labute approximate surface area is 144 Å². The molecule has 3 unspecified atom stereocenters. The largest absolute Gasteiger partial charge is 0.367 e. The van der Waals surface area contributed by atoms with Gasteiger partial charge in [0.2, 0.25) is 5.91 Å². The molecule has 1 fully saturated rings. The van der Waals surface area contributed by atoms with Gasteiger partial charge in [-0.25, -0.2) is 4.39 Å². The Morgan fingerprint density at radius 3 is 2.83 bits per heavy atom. The molecule has 1 heterocycles. The third kappa shape index (κ3) is 5.08. The maximum absolute atomic E-state index is 13.9. The van der Waals surface area contributed by atoms with Crippen LogP contribution in [0.1, 0.15) is 33.1 Å². The summed E-state index contributed by atoms with van der Waals surface area (Å²) >= 11 is 0. The van der Waals surface area contributed by atoms with Crippen molar-refractivity contribution in [3.05, 3.63) is 30.1 Å². The van der Waals surface area contributed by atoms with Crippen LogP contribution >= 0.6 is 12.4 Å². The monoisotopic (exact) mass is 343 g/mol. The van der Waals surface area contributed by atoms with Gasteiger partial charge in [0.15, 0.2) is 0 Å². The number of rotatable bonds is 5. The predicted molar refractivity (Wildman–Crippen MR) is 94.5 cm³/mol. The summed E-state index contributed by atoms with van der Waals surface area (Å²) in [6, 6.07) is 6.32. The molecule has 1 aliphatic heterocycles. The van der Waals surface area contributed by atoms with E-state index in [1.807, 2.05) is 24.8 Å². The molecule has 1 saturated heterocycles. The fourth-order valence-corrected chi connectivity index (χ4v) is 2.83. The highest BCUT2D eigenvalue weighted by atomic mass is 35.5. The summed E-state index contributed by atoms with van der Waals surface area (Å²) in [7, 11) is 0. The molecule has 23 heavy (non-hydrogen) atoms. The number of benzene rings is 1. The average molecular weight is 344 g/mol. The summed E-state index contributed by atoms with van der Waals surface area (Å²) in [5.74, 6) is -0.160. The van der Waals surface area contributed by atoms with Crippen LogP contribution in [0, 0.1) is 11.7 Å². The molecule has 0 aromatic heterocycles. The fraction of sp³-hybridized carbons (Fsp3) is 0.588. The number of hydrogen-bond acceptors (Lipinski definition) is 3. The van der Waals surface area contributed by atoms with E-state index in [0.717, 1.165) is 25.8 Å². The number of amides is 1. The maximum atomic E-state index is 13.9. The molecule has 0 bridgehead atoms. The van der Waals surface area contributed by atoms with E-state index in [1.165, 1.54) is 6.07 Å². The number of piperidine rings is 1. The molecule has 3 N–H and O–H groups in total. The van der Waals surface area contributed by atoms with E-state index in [9.17, 15) is 9.18 Å². The molecule has 1 aromatic carbocycles. The standard InChI is InChI=1S/C17H26FN3O.ClH/c1-3-12(2)16(19)17(22)20-13-7-6-10-21(11-13)15-9-5-4-8-14(15)18;/h4-5,8-9,12-13,16H,3,6-7,10-11,19H2,1-2H3,(H,20,22);1H. The Bertz CT molecular complexity index is 514. The first-order valence-corrected chi connectivity index (χ1v) is 8.08. The lowest BCUT2D eigenvalue weighted by Crippen LogP contribution is -2.53. The van der Waals surface area contributed by atoms with Crippen molar-refractivity contribution in [2.75, 3.05) is 18.0 Å². The second kappa shape index (κ2) is 9.08. The van der Waals surface area contributed by atoms with Gasteiger partial charge in [0, 0.05) is 19.1 Å². The minimum absolute atomic E-state index is 0. The summed E-state index contributed by atoms with van der Waals surface area (Å²) in [5, 5.41) is 3.03. The Morgan fingerprint density at radius 1 is 1.48 bits per heavy atom. The van der Waals surface area contributed by atoms with E-state index in [4.69, 9.17) is 5.73 Å². The number of carbonyl (C=O) groups is 1. The van der Waals surface area contributed by atoms with Gasteiger partial charge in [0.1, 0.15) is 5.82 Å². The number of para-hydroxylation sites is 1. The molecular formula is C17H27ClFN3O. The zero-order valence-corrected chi connectivity index (χ0v) is 14.6. The minimum Gasteiger partial charge on any atom is -0.367 e. The zero-order chi connectivity index (χ0) is 16.1. The number of hydrogen-bond donors (Lipinski definition) is 2. The third-order valence-corrected chi connectivity index (χ3v) is 4.52. The Hall–Kier alpha value is -1.33. The Morgan fingerprint density at radius 2 is 2.17 bits per heavy atom. The minimum atomic E-state index is -0.478. The number of halogens is 2. The van der Waals surface area contributed by atoms with Crippen LogP contribution in [0.2, 0.25) is 0 Å². The van der Waals surface area contributed by atoms with Crippen molar-refractivity contribution in [2.24, 2.45) is 11.7 Å². The SMILES string of the molecule is CCC(C)C(N)C(=O)NC1CCCN(c2ccccc2F)C1.Cl. The van der Waals surface area contributed by atoms with Gasteiger partial charge >= 0.3 is 0 Å². The first-order chi connectivity index (χ1) is 10.5. The van der Waals surface area contributed by atoms with E-state index >= 15 is 0 Å². The Balaban J connectivity index is 0.00000264. The predicted octanol–water partition coefficient (Wildman–Crippen LogP) is 2.71. The molecule has 1 aliphatic rings. The smallest absolute Gasteiger partial charge is 0.237 e. The third-order valence-electron chi connectivity index (χ3n) is 4.52. The van der Waals surface area contributed by atoms with Crippen molar-refractivity contribution >= 4 is 24.0 Å². The van der Waals surface area contributed by atoms with Crippen molar-refractivity contribution in [1.29, 1.82) is 0 Å². The van der Waals surface area contributed by atoms with Crippen molar-refractivity contribution in [1.82, 2.24) is 5.32 Å². The van der Waals surface area contributed by atoms with Crippen molar-refractivity contribution in [3.8, 4) is 0 Å². The summed E-state index contributed by atoms with van der Waals surface area (Å²) in [5.41, 5.74) is 6.58. The quantitative estimate of drug-likeness (QED) is 0.864. The number of anilines is 1. The summed E-state index contributed by atoms with van der Waals surface area (Å²) in [6.07, 6.45) is 2.71. The lowest BCUT2D eigenvalue weighted by Gasteiger charge is -2.35. The summed E-state index contributed by atoms with van der Waals surface area (Å²) in [6.45, 7) is 5.44. The highest BCUT2D eigenvalue weighted by Gasteiger charge is 2.26. The molecule has 0 saturated carbocycles. The van der Waals surface area contributed by atoms with E-state index in [1.54, 1.807) is 12.1 Å². The summed E-state index contributed by atoms with van der Waals surface area (Å²) < 4.78 is 13.9. The average Bonchev–Trinajstić information content (AvgIpc) is 2.54. The van der Waals surface area contributed by atoms with Crippen molar-refractivity contribution in [3.63, 3.8) is 0 Å². The lowest BCUT2D eigenvalue weighted by atomic mass is 9.98. The topological polar surface area (TPSA) is 58.4 Å². The molecular weight excluding hydrogens is 317 g/mol. The van der Waals surface area contributed by atoms with Gasteiger partial charge in [-0.1, -0.05) is 32.4 Å². The highest BCUT2D eigenvalue weighted by molar-refractivity contribution is 5.85. The normalized spacial score (nSPS) is 20.3. The molecule has 4 nitrogen and oxygen atoms in total. The lowest BCUT2D eigenvalue weighted by molar-refractivity contribution is -0.124. The van der Waals surface area contributed by atoms with Crippen LogP contribution in [0.15, 0.2) is 24.3 Å². The van der Waals surface area contributed by atoms with Crippen molar-refractivity contribution < 1.29 is 9.18 Å². The molecule has 3 atom stereocenters. The van der Waals surface area contributed by atoms with Gasteiger partial charge in [0.25, 0.3) is 0 Å². The van der Waals surface area contributed by atoms with Gasteiger partial charge < -0.3 is 16.0 Å². The number of nitrogens with zero attached hydrogens (tertiary/aromatic N) is 1. The van der Waals surface area contributed by atoms with Gasteiger partial charge in [-0.3, -0.25) is 4.79 Å². The molecule has 130 valence electrons. The van der Waals surface area contributed by atoms with Gasteiger partial charge in [-0.15, -0.1) is 12.4 Å². The van der Waals surface area contributed by atoms with Crippen LogP contribution in [-0.2, 0) is 4.79 Å². The van der Waals surface area contributed by atoms with E-state index < -0.39 is 6.04 Å². The highest BCUT2D eigenvalue weighted by Crippen LogP contribution is 2.23. The molecule has 1 aromatic rings. The molecule has 1 amide bonds. The number of nitrogens with one attached hydrogen (secondary N) is 1. The van der Waals surface area contributed by atoms with Crippen molar-refractivity contribution in [2.45, 2.75) is 45.2 Å². The van der Waals surface area contributed by atoms with Crippen LogP contribution in [0.4, 0.5) is 10.1 Å². The second-order valence-corrected chi connectivity index (χ2v) is 6.16. The summed E-state index contributed by atoms with van der Waals surface area (Å²) in [4.78, 5) is 14.2. The zero-order valence-electron chi connectivity index (χ0n) is 13.8. The van der Waals surface area contributed by atoms with E-state index in [0.29, 0.717) is 12.2 Å². The molecule has 0 spiro atoms. The van der Waals surface area contributed by atoms with Crippen LogP contribution < -0.4 is 16.0 Å². The molecule has 6 heteroatoms. The van der Waals surface area contributed by atoms with Crippen LogP contribution in [0.25, 0.3) is 0 Å². The van der Waals surface area contributed by atoms with Crippen LogP contribution in [-0.4, -0.2) is 31.1 Å². The van der Waals surface area contributed by atoms with Crippen LogP contribution in [0.5, 0.6) is 0 Å². The van der Waals surface area contributed by atoms with Gasteiger partial charge in [0.05, 0.1) is 11.7 Å². The second-order valence-electron chi connectivity index (χ2n) is 6.16. The molecule has 0 radical (unpaired) electrons. The Kier molecular flexibility index (Phi) is 7.79. The van der Waals surface area contributed by atoms with E-state index in [-0.39, 0.29) is 36.1 Å². The first kappa shape index (κ1) is 19.7. The maximum Gasteiger partial charge on any atom is 0.237 e. The van der Waals surface area contributed by atoms with Gasteiger partial charge in [-0.05, 0) is 30.9 Å². The van der Waals surface area contributed by atoms with E-state index in [2.05, 4.69) is 5.32 Å². The number of nitrogens with two attached hydrogens (primary N) is 1. The van der Waals surface area contributed by atoms with Crippen LogP contribution in [0.3, 0.4) is 0 Å². The first-order valence-electron chi connectivity index (χ1n) is 8.08.